The van der Waals surface area contributed by atoms with E-state index in [9.17, 15) is 19.7 Å². The monoisotopic (exact) mass is 344 g/mol. The van der Waals surface area contributed by atoms with Gasteiger partial charge in [0.1, 0.15) is 0 Å². The Morgan fingerprint density at radius 2 is 2.13 bits per heavy atom. The second kappa shape index (κ2) is 7.89. The van der Waals surface area contributed by atoms with Gasteiger partial charge in [-0.1, -0.05) is 17.7 Å². The Hall–Kier alpha value is -2.19. The number of aliphatic carboxylic acids is 1. The fraction of sp³-hybridized carbons (Fsp3) is 0.429. The summed E-state index contributed by atoms with van der Waals surface area (Å²) in [6.07, 6.45) is -0.434. The second-order valence-electron chi connectivity index (χ2n) is 5.32. The van der Waals surface area contributed by atoms with Crippen molar-refractivity contribution in [2.75, 3.05) is 13.7 Å². The molecular formula is C14H17ClN2O6. The van der Waals surface area contributed by atoms with Crippen molar-refractivity contribution in [2.24, 2.45) is 0 Å². The average Bonchev–Trinajstić information content (AvgIpc) is 2.39. The quantitative estimate of drug-likeness (QED) is 0.548. The van der Waals surface area contributed by atoms with Gasteiger partial charge in [0.2, 0.25) is 5.91 Å². The van der Waals surface area contributed by atoms with E-state index in [4.69, 9.17) is 21.4 Å². The van der Waals surface area contributed by atoms with Crippen LogP contribution in [0.5, 0.6) is 0 Å². The number of nitro benzene ring substituents is 1. The fourth-order valence-electron chi connectivity index (χ4n) is 2.13. The van der Waals surface area contributed by atoms with Crippen LogP contribution in [0.1, 0.15) is 18.9 Å². The lowest BCUT2D eigenvalue weighted by Crippen LogP contribution is -2.51. The zero-order valence-corrected chi connectivity index (χ0v) is 13.4. The molecule has 8 nitrogen and oxygen atoms in total. The number of methoxy groups -OCH3 is 1. The van der Waals surface area contributed by atoms with Gasteiger partial charge in [-0.25, -0.2) is 0 Å². The van der Waals surface area contributed by atoms with Gasteiger partial charge in [0.15, 0.2) is 0 Å². The van der Waals surface area contributed by atoms with Crippen LogP contribution in [-0.2, 0) is 20.7 Å². The predicted molar refractivity (Wildman–Crippen MR) is 82.5 cm³/mol. The molecule has 0 aliphatic rings. The number of carboxylic acid groups (broad SMARTS) is 1. The topological polar surface area (TPSA) is 119 Å². The number of halogens is 1. The summed E-state index contributed by atoms with van der Waals surface area (Å²) >= 11 is 5.93. The minimum absolute atomic E-state index is 0.0268. The van der Waals surface area contributed by atoms with E-state index >= 15 is 0 Å². The van der Waals surface area contributed by atoms with E-state index in [2.05, 4.69) is 5.32 Å². The van der Waals surface area contributed by atoms with E-state index < -0.39 is 22.3 Å². The standard InChI is InChI=1S/C14H17ClN2O6/c1-14(8-23-2,7-13(19)20)16-12(18)5-9-3-4-10(17(21)22)6-11(9)15/h3-4,6H,5,7-8H2,1-2H3,(H,16,18)(H,19,20). The molecule has 0 radical (unpaired) electrons. The summed E-state index contributed by atoms with van der Waals surface area (Å²) in [5.74, 6) is -1.53. The molecule has 1 unspecified atom stereocenters. The molecule has 1 aromatic rings. The van der Waals surface area contributed by atoms with E-state index in [1.54, 1.807) is 6.92 Å². The van der Waals surface area contributed by atoms with Crippen molar-refractivity contribution in [1.29, 1.82) is 0 Å². The van der Waals surface area contributed by atoms with Crippen LogP contribution in [-0.4, -0.2) is 41.2 Å². The number of carboxylic acids is 1. The number of nitro groups is 1. The van der Waals surface area contributed by atoms with Gasteiger partial charge in [0.05, 0.1) is 34.9 Å². The Kier molecular flexibility index (Phi) is 6.47. The molecule has 1 atom stereocenters. The Morgan fingerprint density at radius 3 is 2.61 bits per heavy atom. The molecule has 0 aliphatic heterocycles. The highest BCUT2D eigenvalue weighted by molar-refractivity contribution is 6.31. The molecule has 0 saturated carbocycles. The smallest absolute Gasteiger partial charge is 0.305 e. The summed E-state index contributed by atoms with van der Waals surface area (Å²) < 4.78 is 4.95. The minimum atomic E-state index is -1.07. The molecule has 1 amide bonds. The third kappa shape index (κ3) is 5.84. The molecule has 0 fully saturated rings. The van der Waals surface area contributed by atoms with Crippen molar-refractivity contribution in [1.82, 2.24) is 5.32 Å². The number of hydrogen-bond donors (Lipinski definition) is 2. The van der Waals surface area contributed by atoms with Crippen LogP contribution in [0.3, 0.4) is 0 Å². The summed E-state index contributed by atoms with van der Waals surface area (Å²) in [6.45, 7) is 1.58. The van der Waals surface area contributed by atoms with E-state index in [1.165, 1.54) is 19.2 Å². The van der Waals surface area contributed by atoms with E-state index in [-0.39, 0.29) is 30.2 Å². The molecule has 1 aromatic carbocycles. The SMILES string of the molecule is COCC(C)(CC(=O)O)NC(=O)Cc1ccc([N+](=O)[O-])cc1Cl. The number of carbonyl (C=O) groups is 2. The Bertz CT molecular complexity index is 621. The Balaban J connectivity index is 2.82. The Labute approximate surface area is 137 Å². The normalized spacial score (nSPS) is 13.2. The van der Waals surface area contributed by atoms with Crippen LogP contribution in [0.2, 0.25) is 5.02 Å². The molecule has 0 aromatic heterocycles. The third-order valence-electron chi connectivity index (χ3n) is 3.04. The van der Waals surface area contributed by atoms with Gasteiger partial charge in [-0.05, 0) is 12.5 Å². The van der Waals surface area contributed by atoms with Crippen molar-refractivity contribution in [3.63, 3.8) is 0 Å². The number of amides is 1. The molecule has 0 spiro atoms. The number of nitrogens with one attached hydrogen (secondary N) is 1. The van der Waals surface area contributed by atoms with Crippen molar-refractivity contribution in [3.05, 3.63) is 38.9 Å². The van der Waals surface area contributed by atoms with Crippen LogP contribution in [0, 0.1) is 10.1 Å². The Morgan fingerprint density at radius 1 is 1.48 bits per heavy atom. The molecule has 9 heteroatoms. The van der Waals surface area contributed by atoms with Crippen LogP contribution >= 0.6 is 11.6 Å². The maximum Gasteiger partial charge on any atom is 0.305 e. The van der Waals surface area contributed by atoms with Crippen molar-refractivity contribution < 1.29 is 24.4 Å². The van der Waals surface area contributed by atoms with Crippen molar-refractivity contribution in [3.8, 4) is 0 Å². The van der Waals surface area contributed by atoms with Gasteiger partial charge >= 0.3 is 5.97 Å². The first-order valence-electron chi connectivity index (χ1n) is 6.61. The lowest BCUT2D eigenvalue weighted by molar-refractivity contribution is -0.384. The van der Waals surface area contributed by atoms with Gasteiger partial charge in [-0.2, -0.15) is 0 Å². The summed E-state index contributed by atoms with van der Waals surface area (Å²) in [5, 5.41) is 22.3. The molecule has 0 aliphatic carbocycles. The van der Waals surface area contributed by atoms with E-state index in [0.29, 0.717) is 5.56 Å². The van der Waals surface area contributed by atoms with Gasteiger partial charge in [-0.15, -0.1) is 0 Å². The molecular weight excluding hydrogens is 328 g/mol. The maximum atomic E-state index is 12.1. The number of nitrogens with zero attached hydrogens (tertiary/aromatic N) is 1. The summed E-state index contributed by atoms with van der Waals surface area (Å²) in [7, 11) is 1.40. The first kappa shape index (κ1) is 18.9. The molecule has 0 bridgehead atoms. The fourth-order valence-corrected chi connectivity index (χ4v) is 2.37. The van der Waals surface area contributed by atoms with Crippen LogP contribution in [0.15, 0.2) is 18.2 Å². The highest BCUT2D eigenvalue weighted by Gasteiger charge is 2.29. The summed E-state index contributed by atoms with van der Waals surface area (Å²) in [6, 6.07) is 3.81. The van der Waals surface area contributed by atoms with Gasteiger partial charge in [0, 0.05) is 19.2 Å². The zero-order chi connectivity index (χ0) is 17.6. The molecule has 0 heterocycles. The molecule has 23 heavy (non-hydrogen) atoms. The number of rotatable bonds is 8. The zero-order valence-electron chi connectivity index (χ0n) is 12.7. The second-order valence-corrected chi connectivity index (χ2v) is 5.73. The van der Waals surface area contributed by atoms with Crippen LogP contribution < -0.4 is 5.32 Å². The highest BCUT2D eigenvalue weighted by Crippen LogP contribution is 2.23. The van der Waals surface area contributed by atoms with Crippen molar-refractivity contribution >= 4 is 29.2 Å². The molecule has 1 rings (SSSR count). The number of non-ortho nitro benzene ring substituents is 1. The minimum Gasteiger partial charge on any atom is -0.481 e. The van der Waals surface area contributed by atoms with E-state index in [1.807, 2.05) is 0 Å². The largest absolute Gasteiger partial charge is 0.481 e. The molecule has 126 valence electrons. The lowest BCUT2D eigenvalue weighted by Gasteiger charge is -2.28. The van der Waals surface area contributed by atoms with E-state index in [0.717, 1.165) is 6.07 Å². The average molecular weight is 345 g/mol. The van der Waals surface area contributed by atoms with Gasteiger partial charge < -0.3 is 15.2 Å². The maximum absolute atomic E-state index is 12.1. The summed E-state index contributed by atoms with van der Waals surface area (Å²) in [4.78, 5) is 33.1. The van der Waals surface area contributed by atoms with Gasteiger partial charge in [0.25, 0.3) is 5.69 Å². The molecule has 0 saturated heterocycles. The van der Waals surface area contributed by atoms with Crippen LogP contribution in [0.25, 0.3) is 0 Å². The number of hydrogen-bond acceptors (Lipinski definition) is 5. The van der Waals surface area contributed by atoms with Gasteiger partial charge in [-0.3, -0.25) is 19.7 Å². The predicted octanol–water partition coefficient (Wildman–Crippen LogP) is 1.79. The van der Waals surface area contributed by atoms with Crippen LogP contribution in [0.4, 0.5) is 5.69 Å². The molecule has 2 N–H and O–H groups in total. The number of benzene rings is 1. The number of carbonyl (C=O) groups excluding carboxylic acids is 1. The number of ether oxygens (including phenoxy) is 1. The first-order valence-corrected chi connectivity index (χ1v) is 6.99. The lowest BCUT2D eigenvalue weighted by atomic mass is 9.98. The first-order chi connectivity index (χ1) is 10.7. The highest BCUT2D eigenvalue weighted by atomic mass is 35.5. The third-order valence-corrected chi connectivity index (χ3v) is 3.40. The summed E-state index contributed by atoms with van der Waals surface area (Å²) in [5.41, 5.74) is -0.829. The van der Waals surface area contributed by atoms with Crippen molar-refractivity contribution in [2.45, 2.75) is 25.3 Å².